The van der Waals surface area contributed by atoms with Gasteiger partial charge in [0.05, 0.1) is 0 Å². The normalized spacial score (nSPS) is 15.0. The van der Waals surface area contributed by atoms with E-state index < -0.39 is 0 Å². The average Bonchev–Trinajstić information content (AvgIpc) is 2.50. The second kappa shape index (κ2) is 2.65. The summed E-state index contributed by atoms with van der Waals surface area (Å²) in [6, 6.07) is 5.96. The zero-order valence-electron chi connectivity index (χ0n) is 6.44. The van der Waals surface area contributed by atoms with Crippen LogP contribution < -0.4 is 0 Å². The highest BCUT2D eigenvalue weighted by Gasteiger charge is 2.13. The minimum absolute atomic E-state index is 0.302. The Labute approximate surface area is 66.1 Å². The van der Waals surface area contributed by atoms with Crippen LogP contribution in [0.3, 0.4) is 0 Å². The molecule has 0 unspecified atom stereocenters. The fraction of sp³-hybridized carbons (Fsp3) is 0.400. The molecule has 0 radical (unpaired) electrons. The van der Waals surface area contributed by atoms with Gasteiger partial charge in [-0.05, 0) is 36.0 Å². The molecule has 0 amide bonds. The number of benzene rings is 1. The number of hydrogen-bond donors (Lipinski definition) is 0. The lowest BCUT2D eigenvalue weighted by molar-refractivity contribution is 0.483. The number of alkyl halides is 1. The number of rotatable bonds is 1. The molecule has 58 valence electrons. The van der Waals surface area contributed by atoms with Gasteiger partial charge in [-0.15, -0.1) is 0 Å². The van der Waals surface area contributed by atoms with Gasteiger partial charge in [0.1, 0.15) is 6.67 Å². The molecule has 2 rings (SSSR count). The largest absolute Gasteiger partial charge is 0.246 e. The quantitative estimate of drug-likeness (QED) is 0.577. The molecule has 1 aromatic carbocycles. The molecule has 1 heteroatoms. The van der Waals surface area contributed by atoms with Crippen LogP contribution in [0.4, 0.5) is 4.39 Å². The van der Waals surface area contributed by atoms with Gasteiger partial charge in [-0.25, -0.2) is 4.39 Å². The Kier molecular flexibility index (Phi) is 1.65. The molecule has 0 aromatic heterocycles. The highest BCUT2D eigenvalue weighted by Crippen LogP contribution is 2.25. The van der Waals surface area contributed by atoms with Crippen LogP contribution in [0.15, 0.2) is 18.2 Å². The Morgan fingerprint density at radius 2 is 2.18 bits per heavy atom. The molecule has 0 atom stereocenters. The molecule has 0 saturated heterocycles. The summed E-state index contributed by atoms with van der Waals surface area (Å²) in [4.78, 5) is 0. The molecular weight excluding hydrogens is 139 g/mol. The van der Waals surface area contributed by atoms with E-state index in [1.807, 2.05) is 12.1 Å². The molecule has 0 nitrogen and oxygen atoms in total. The summed E-state index contributed by atoms with van der Waals surface area (Å²) in [5.41, 5.74) is 3.54. The summed E-state index contributed by atoms with van der Waals surface area (Å²) in [5.74, 6) is 0. The fourth-order valence-corrected chi connectivity index (χ4v) is 1.82. The zero-order chi connectivity index (χ0) is 7.68. The third-order valence-electron chi connectivity index (χ3n) is 2.39. The number of halogens is 1. The van der Waals surface area contributed by atoms with Gasteiger partial charge in [0.2, 0.25) is 0 Å². The summed E-state index contributed by atoms with van der Waals surface area (Å²) in [7, 11) is 0. The molecule has 11 heavy (non-hydrogen) atoms. The third-order valence-corrected chi connectivity index (χ3v) is 2.39. The van der Waals surface area contributed by atoms with E-state index in [0.29, 0.717) is 0 Å². The summed E-state index contributed by atoms with van der Waals surface area (Å²) in [5, 5.41) is 0. The van der Waals surface area contributed by atoms with Crippen LogP contribution in [-0.2, 0) is 19.5 Å². The average molecular weight is 150 g/mol. The van der Waals surface area contributed by atoms with Gasteiger partial charge in [0.15, 0.2) is 0 Å². The minimum atomic E-state index is -0.302. The molecule has 0 heterocycles. The van der Waals surface area contributed by atoms with Crippen LogP contribution in [-0.4, -0.2) is 0 Å². The second-order valence-corrected chi connectivity index (χ2v) is 3.04. The van der Waals surface area contributed by atoms with E-state index in [1.54, 1.807) is 0 Å². The molecule has 1 aliphatic rings. The van der Waals surface area contributed by atoms with E-state index in [9.17, 15) is 4.39 Å². The molecule has 0 aliphatic heterocycles. The second-order valence-electron chi connectivity index (χ2n) is 3.04. The van der Waals surface area contributed by atoms with E-state index in [0.717, 1.165) is 18.4 Å². The van der Waals surface area contributed by atoms with Crippen molar-refractivity contribution in [1.82, 2.24) is 0 Å². The smallest absolute Gasteiger partial charge is 0.115 e. The predicted molar refractivity (Wildman–Crippen MR) is 43.3 cm³/mol. The predicted octanol–water partition coefficient (Wildman–Crippen LogP) is 2.64. The molecular formula is C10H11F. The summed E-state index contributed by atoms with van der Waals surface area (Å²) < 4.78 is 12.4. The van der Waals surface area contributed by atoms with Crippen LogP contribution in [0.1, 0.15) is 23.1 Å². The molecule has 0 spiro atoms. The Bertz CT molecular complexity index is 266. The van der Waals surface area contributed by atoms with Crippen LogP contribution in [0.25, 0.3) is 0 Å². The van der Waals surface area contributed by atoms with Gasteiger partial charge >= 0.3 is 0 Å². The number of fused-ring (bicyclic) bond motifs is 1. The van der Waals surface area contributed by atoms with Crippen molar-refractivity contribution >= 4 is 0 Å². The van der Waals surface area contributed by atoms with Gasteiger partial charge in [-0.1, -0.05) is 18.2 Å². The van der Waals surface area contributed by atoms with E-state index >= 15 is 0 Å². The maximum Gasteiger partial charge on any atom is 0.115 e. The highest BCUT2D eigenvalue weighted by molar-refractivity contribution is 5.37. The van der Waals surface area contributed by atoms with E-state index in [2.05, 4.69) is 6.07 Å². The summed E-state index contributed by atoms with van der Waals surface area (Å²) in [6.45, 7) is -0.302. The molecule has 0 bridgehead atoms. The summed E-state index contributed by atoms with van der Waals surface area (Å²) >= 11 is 0. The van der Waals surface area contributed by atoms with Gasteiger partial charge in [-0.2, -0.15) is 0 Å². The lowest BCUT2D eigenvalue weighted by atomic mass is 10.0. The van der Waals surface area contributed by atoms with Crippen LogP contribution >= 0.6 is 0 Å². The van der Waals surface area contributed by atoms with Crippen LogP contribution in [0.5, 0.6) is 0 Å². The zero-order valence-corrected chi connectivity index (χ0v) is 6.44. The number of aryl methyl sites for hydroxylation is 1. The Morgan fingerprint density at radius 3 is 3.00 bits per heavy atom. The molecule has 0 fully saturated rings. The first-order chi connectivity index (χ1) is 5.42. The molecule has 0 saturated carbocycles. The standard InChI is InChI=1S/C10H11F/c11-7-9-5-1-3-8-4-2-6-10(8)9/h1,3,5H,2,4,6-7H2. The SMILES string of the molecule is FCc1cccc2c1CCC2. The van der Waals surface area contributed by atoms with E-state index in [-0.39, 0.29) is 6.67 Å². The Balaban J connectivity index is 2.50. The first-order valence-corrected chi connectivity index (χ1v) is 4.07. The minimum Gasteiger partial charge on any atom is -0.246 e. The van der Waals surface area contributed by atoms with Crippen molar-refractivity contribution in [2.75, 3.05) is 0 Å². The third kappa shape index (κ3) is 1.05. The maximum atomic E-state index is 12.4. The van der Waals surface area contributed by atoms with Gasteiger partial charge < -0.3 is 0 Å². The van der Waals surface area contributed by atoms with Crippen LogP contribution in [0.2, 0.25) is 0 Å². The van der Waals surface area contributed by atoms with Crippen molar-refractivity contribution in [3.05, 3.63) is 34.9 Å². The summed E-state index contributed by atoms with van der Waals surface area (Å²) in [6.07, 6.45) is 3.42. The van der Waals surface area contributed by atoms with Crippen molar-refractivity contribution in [2.24, 2.45) is 0 Å². The lowest BCUT2D eigenvalue weighted by Crippen LogP contribution is -1.89. The molecule has 1 aromatic rings. The van der Waals surface area contributed by atoms with Gasteiger partial charge in [0.25, 0.3) is 0 Å². The van der Waals surface area contributed by atoms with Crippen molar-refractivity contribution in [1.29, 1.82) is 0 Å². The maximum absolute atomic E-state index is 12.4. The number of hydrogen-bond acceptors (Lipinski definition) is 0. The van der Waals surface area contributed by atoms with Gasteiger partial charge in [-0.3, -0.25) is 0 Å². The first kappa shape index (κ1) is 6.84. The monoisotopic (exact) mass is 150 g/mol. The van der Waals surface area contributed by atoms with E-state index in [1.165, 1.54) is 17.5 Å². The Hall–Kier alpha value is -0.850. The van der Waals surface area contributed by atoms with Crippen molar-refractivity contribution in [2.45, 2.75) is 25.9 Å². The van der Waals surface area contributed by atoms with Crippen molar-refractivity contribution in [3.8, 4) is 0 Å². The van der Waals surface area contributed by atoms with Crippen molar-refractivity contribution < 1.29 is 4.39 Å². The van der Waals surface area contributed by atoms with Gasteiger partial charge in [0, 0.05) is 0 Å². The van der Waals surface area contributed by atoms with Crippen LogP contribution in [0, 0.1) is 0 Å². The van der Waals surface area contributed by atoms with E-state index in [4.69, 9.17) is 0 Å². The first-order valence-electron chi connectivity index (χ1n) is 4.07. The topological polar surface area (TPSA) is 0 Å². The molecule has 1 aliphatic carbocycles. The Morgan fingerprint density at radius 1 is 1.27 bits per heavy atom. The van der Waals surface area contributed by atoms with Crippen molar-refractivity contribution in [3.63, 3.8) is 0 Å². The molecule has 0 N–H and O–H groups in total. The fourth-order valence-electron chi connectivity index (χ4n) is 1.82. The lowest BCUT2D eigenvalue weighted by Gasteiger charge is -2.02. The highest BCUT2D eigenvalue weighted by atomic mass is 19.1.